The molecule has 1 aliphatic carbocycles. The molecule has 0 radical (unpaired) electrons. The Labute approximate surface area is 177 Å². The molecule has 1 atom stereocenters. The molecular formula is C24H30N2O2S. The number of anilines is 1. The fourth-order valence-corrected chi connectivity index (χ4v) is 5.22. The van der Waals surface area contributed by atoms with E-state index in [0.717, 1.165) is 30.4 Å². The summed E-state index contributed by atoms with van der Waals surface area (Å²) in [6.45, 7) is 12.8. The second-order valence-corrected chi connectivity index (χ2v) is 9.89. The van der Waals surface area contributed by atoms with Gasteiger partial charge < -0.3 is 10.6 Å². The van der Waals surface area contributed by atoms with Gasteiger partial charge in [-0.3, -0.25) is 9.59 Å². The highest BCUT2D eigenvalue weighted by molar-refractivity contribution is 7.17. The van der Waals surface area contributed by atoms with Crippen LogP contribution in [-0.2, 0) is 12.8 Å². The quantitative estimate of drug-likeness (QED) is 0.651. The maximum Gasteiger partial charge on any atom is 0.256 e. The van der Waals surface area contributed by atoms with Gasteiger partial charge in [-0.1, -0.05) is 45.0 Å². The highest BCUT2D eigenvalue weighted by atomic mass is 32.1. The molecule has 2 aromatic rings. The van der Waals surface area contributed by atoms with Crippen LogP contribution in [0.25, 0.3) is 0 Å². The monoisotopic (exact) mass is 410 g/mol. The van der Waals surface area contributed by atoms with Crippen LogP contribution >= 0.6 is 11.3 Å². The summed E-state index contributed by atoms with van der Waals surface area (Å²) in [7, 11) is 0. The van der Waals surface area contributed by atoms with Crippen LogP contribution in [0.15, 0.2) is 36.9 Å². The minimum Gasteiger partial charge on any atom is -0.348 e. The van der Waals surface area contributed by atoms with Crippen molar-refractivity contribution in [1.29, 1.82) is 0 Å². The number of benzene rings is 1. The van der Waals surface area contributed by atoms with Crippen LogP contribution in [0.2, 0.25) is 0 Å². The number of aryl methyl sites for hydroxylation is 1. The smallest absolute Gasteiger partial charge is 0.256 e. The minimum atomic E-state index is -0.174. The van der Waals surface area contributed by atoms with E-state index in [1.807, 2.05) is 31.2 Å². The highest BCUT2D eigenvalue weighted by Crippen LogP contribution is 2.44. The van der Waals surface area contributed by atoms with Crippen molar-refractivity contribution in [3.63, 3.8) is 0 Å². The number of amides is 2. The molecular weight excluding hydrogens is 380 g/mol. The Morgan fingerprint density at radius 3 is 2.62 bits per heavy atom. The van der Waals surface area contributed by atoms with E-state index in [4.69, 9.17) is 0 Å². The predicted octanol–water partition coefficient (Wildman–Crippen LogP) is 5.38. The molecule has 0 aliphatic heterocycles. The largest absolute Gasteiger partial charge is 0.348 e. The lowest BCUT2D eigenvalue weighted by Crippen LogP contribution is -2.29. The molecule has 0 saturated heterocycles. The number of thiophene rings is 1. The van der Waals surface area contributed by atoms with Crippen LogP contribution in [0.5, 0.6) is 0 Å². The van der Waals surface area contributed by atoms with Gasteiger partial charge in [0.1, 0.15) is 5.00 Å². The SMILES string of the molecule is C=CCNC(=O)c1c(NC(=O)c2ccccc2C)sc2c1CC[C@@H](C(C)(C)C)C2. The number of carbonyl (C=O) groups is 2. The van der Waals surface area contributed by atoms with Gasteiger partial charge in [0.05, 0.1) is 5.56 Å². The van der Waals surface area contributed by atoms with Crippen molar-refractivity contribution in [3.8, 4) is 0 Å². The van der Waals surface area contributed by atoms with E-state index in [1.165, 1.54) is 4.88 Å². The van der Waals surface area contributed by atoms with Gasteiger partial charge in [0.25, 0.3) is 11.8 Å². The summed E-state index contributed by atoms with van der Waals surface area (Å²) in [6, 6.07) is 7.50. The fourth-order valence-electron chi connectivity index (χ4n) is 3.90. The maximum atomic E-state index is 12.9. The molecule has 0 unspecified atom stereocenters. The van der Waals surface area contributed by atoms with E-state index in [-0.39, 0.29) is 17.2 Å². The second-order valence-electron chi connectivity index (χ2n) is 8.78. The molecule has 0 fully saturated rings. The second kappa shape index (κ2) is 8.54. The normalized spacial score (nSPS) is 16.1. The Kier molecular flexibility index (Phi) is 6.27. The van der Waals surface area contributed by atoms with Gasteiger partial charge in [0, 0.05) is 17.0 Å². The zero-order chi connectivity index (χ0) is 21.2. The molecule has 2 N–H and O–H groups in total. The molecule has 0 saturated carbocycles. The Hall–Kier alpha value is -2.40. The van der Waals surface area contributed by atoms with Gasteiger partial charge in [-0.2, -0.15) is 0 Å². The van der Waals surface area contributed by atoms with Gasteiger partial charge in [0.2, 0.25) is 0 Å². The van der Waals surface area contributed by atoms with E-state index < -0.39 is 0 Å². The first-order chi connectivity index (χ1) is 13.7. The Bertz CT molecular complexity index is 937. The third-order valence-electron chi connectivity index (χ3n) is 5.74. The van der Waals surface area contributed by atoms with Crippen molar-refractivity contribution in [2.24, 2.45) is 11.3 Å². The first-order valence-electron chi connectivity index (χ1n) is 10.1. The van der Waals surface area contributed by atoms with Gasteiger partial charge in [-0.05, 0) is 54.7 Å². The molecule has 3 rings (SSSR count). The lowest BCUT2D eigenvalue weighted by Gasteiger charge is -2.33. The van der Waals surface area contributed by atoms with Crippen LogP contribution < -0.4 is 10.6 Å². The molecule has 1 aromatic carbocycles. The summed E-state index contributed by atoms with van der Waals surface area (Å²) < 4.78 is 0. The van der Waals surface area contributed by atoms with Crippen molar-refractivity contribution in [2.45, 2.75) is 47.0 Å². The molecule has 0 spiro atoms. The van der Waals surface area contributed by atoms with E-state index >= 15 is 0 Å². The third kappa shape index (κ3) is 4.61. The van der Waals surface area contributed by atoms with Crippen molar-refractivity contribution < 1.29 is 9.59 Å². The Balaban J connectivity index is 1.96. The van der Waals surface area contributed by atoms with Crippen LogP contribution in [0.3, 0.4) is 0 Å². The van der Waals surface area contributed by atoms with E-state index in [2.05, 4.69) is 38.0 Å². The molecule has 154 valence electrons. The summed E-state index contributed by atoms with van der Waals surface area (Å²) in [5.74, 6) is 0.251. The van der Waals surface area contributed by atoms with Crippen LogP contribution in [0.4, 0.5) is 5.00 Å². The Morgan fingerprint density at radius 2 is 1.97 bits per heavy atom. The van der Waals surface area contributed by atoms with Crippen molar-refractivity contribution in [1.82, 2.24) is 5.32 Å². The molecule has 4 nitrogen and oxygen atoms in total. The van der Waals surface area contributed by atoms with E-state index in [0.29, 0.717) is 28.6 Å². The number of rotatable bonds is 5. The minimum absolute atomic E-state index is 0.142. The zero-order valence-corrected chi connectivity index (χ0v) is 18.5. The molecule has 5 heteroatoms. The number of hydrogen-bond acceptors (Lipinski definition) is 3. The molecule has 1 aromatic heterocycles. The first-order valence-corrected chi connectivity index (χ1v) is 10.9. The summed E-state index contributed by atoms with van der Waals surface area (Å²) in [5.41, 5.74) is 3.48. The summed E-state index contributed by atoms with van der Waals surface area (Å²) >= 11 is 1.55. The number of nitrogens with one attached hydrogen (secondary N) is 2. The predicted molar refractivity (Wildman–Crippen MR) is 121 cm³/mol. The van der Waals surface area contributed by atoms with E-state index in [9.17, 15) is 9.59 Å². The lowest BCUT2D eigenvalue weighted by atomic mass is 9.72. The van der Waals surface area contributed by atoms with E-state index in [1.54, 1.807) is 17.4 Å². The number of fused-ring (bicyclic) bond motifs is 1. The van der Waals surface area contributed by atoms with Gasteiger partial charge in [-0.25, -0.2) is 0 Å². The summed E-state index contributed by atoms with van der Waals surface area (Å²) in [4.78, 5) is 27.0. The first kappa shape index (κ1) is 21.3. The molecule has 29 heavy (non-hydrogen) atoms. The Morgan fingerprint density at radius 1 is 1.24 bits per heavy atom. The average molecular weight is 411 g/mol. The topological polar surface area (TPSA) is 58.2 Å². The van der Waals surface area contributed by atoms with Crippen molar-refractivity contribution >= 4 is 28.2 Å². The van der Waals surface area contributed by atoms with Crippen molar-refractivity contribution in [3.05, 3.63) is 64.1 Å². The van der Waals surface area contributed by atoms with Crippen LogP contribution in [0.1, 0.15) is 63.9 Å². The lowest BCUT2D eigenvalue weighted by molar-refractivity contribution is 0.0957. The third-order valence-corrected chi connectivity index (χ3v) is 6.91. The van der Waals surface area contributed by atoms with Gasteiger partial charge in [0.15, 0.2) is 0 Å². The molecule has 2 amide bonds. The average Bonchev–Trinajstić information content (AvgIpc) is 3.02. The molecule has 1 aliphatic rings. The number of hydrogen-bond donors (Lipinski definition) is 2. The highest BCUT2D eigenvalue weighted by Gasteiger charge is 2.34. The van der Waals surface area contributed by atoms with Crippen LogP contribution in [0, 0.1) is 18.3 Å². The molecule has 0 bridgehead atoms. The summed E-state index contributed by atoms with van der Waals surface area (Å²) in [5, 5.41) is 6.57. The molecule has 1 heterocycles. The van der Waals surface area contributed by atoms with Crippen LogP contribution in [-0.4, -0.2) is 18.4 Å². The number of carbonyl (C=O) groups excluding carboxylic acids is 2. The summed E-state index contributed by atoms with van der Waals surface area (Å²) in [6.07, 6.45) is 4.54. The zero-order valence-electron chi connectivity index (χ0n) is 17.7. The standard InChI is InChI=1S/C24H30N2O2S/c1-6-13-25-22(28)20-18-12-11-16(24(3,4)5)14-19(18)29-23(20)26-21(27)17-10-8-7-9-15(17)2/h6-10,16H,1,11-14H2,2-5H3,(H,25,28)(H,26,27)/t16-/m1/s1. The maximum absolute atomic E-state index is 12.9. The van der Waals surface area contributed by atoms with Crippen molar-refractivity contribution in [2.75, 3.05) is 11.9 Å². The van der Waals surface area contributed by atoms with Gasteiger partial charge in [-0.15, -0.1) is 17.9 Å². The van der Waals surface area contributed by atoms with Gasteiger partial charge >= 0.3 is 0 Å². The fraction of sp³-hybridized carbons (Fsp3) is 0.417.